The van der Waals surface area contributed by atoms with Crippen molar-refractivity contribution in [2.24, 2.45) is 0 Å². The van der Waals surface area contributed by atoms with Gasteiger partial charge >= 0.3 is 0 Å². The molecule has 0 aliphatic carbocycles. The van der Waals surface area contributed by atoms with Crippen LogP contribution in [0.5, 0.6) is 0 Å². The van der Waals surface area contributed by atoms with E-state index in [4.69, 9.17) is 35.1 Å². The van der Waals surface area contributed by atoms with Gasteiger partial charge in [0.15, 0.2) is 0 Å². The number of rotatable bonds is 3. The highest BCUT2D eigenvalue weighted by Gasteiger charge is 2.16. The van der Waals surface area contributed by atoms with E-state index < -0.39 is 5.82 Å². The quantitative estimate of drug-likeness (QED) is 0.701. The molecule has 2 aromatic carbocycles. The summed E-state index contributed by atoms with van der Waals surface area (Å²) in [6, 6.07) is 9.35. The second-order valence-corrected chi connectivity index (χ2v) is 5.10. The van der Waals surface area contributed by atoms with Gasteiger partial charge in [-0.3, -0.25) is 0 Å². The number of hydrogen-bond donors (Lipinski definition) is 1. The second kappa shape index (κ2) is 6.12. The van der Waals surface area contributed by atoms with Crippen LogP contribution in [0.15, 0.2) is 36.7 Å². The SMILES string of the molecule is [B]c1c(F)c([B])c(Nc2ncn(-c3ccccc3)n2)c([B])c1Cl. The number of aromatic nitrogens is 3. The molecule has 3 aromatic rings. The number of anilines is 2. The maximum absolute atomic E-state index is 13.9. The summed E-state index contributed by atoms with van der Waals surface area (Å²) >= 11 is 5.90. The van der Waals surface area contributed by atoms with E-state index in [1.165, 1.54) is 6.33 Å². The highest BCUT2D eigenvalue weighted by molar-refractivity contribution is 6.57. The van der Waals surface area contributed by atoms with Crippen molar-refractivity contribution in [3.8, 4) is 5.69 Å². The fourth-order valence-electron chi connectivity index (χ4n) is 2.02. The van der Waals surface area contributed by atoms with E-state index in [-0.39, 0.29) is 33.0 Å². The summed E-state index contributed by atoms with van der Waals surface area (Å²) in [5, 5.41) is 6.88. The number of nitrogens with one attached hydrogen (secondary N) is 1. The van der Waals surface area contributed by atoms with Gasteiger partial charge in [-0.25, -0.2) is 9.07 Å². The van der Waals surface area contributed by atoms with E-state index in [9.17, 15) is 4.39 Å². The number of benzene rings is 2. The molecule has 1 aromatic heterocycles. The van der Waals surface area contributed by atoms with Gasteiger partial charge < -0.3 is 5.32 Å². The minimum Gasteiger partial charge on any atom is -0.324 e. The molecule has 0 spiro atoms. The molecular formula is C14H7B3ClFN4. The molecule has 0 aliphatic heterocycles. The zero-order chi connectivity index (χ0) is 16.6. The van der Waals surface area contributed by atoms with Crippen LogP contribution in [-0.4, -0.2) is 38.3 Å². The normalized spacial score (nSPS) is 10.7. The van der Waals surface area contributed by atoms with Crippen molar-refractivity contribution in [1.29, 1.82) is 0 Å². The van der Waals surface area contributed by atoms with Crippen molar-refractivity contribution in [2.75, 3.05) is 5.32 Å². The molecule has 0 fully saturated rings. The van der Waals surface area contributed by atoms with Crippen LogP contribution in [-0.2, 0) is 0 Å². The fourth-order valence-corrected chi connectivity index (χ4v) is 2.20. The lowest BCUT2D eigenvalue weighted by atomic mass is 9.78. The molecule has 1 N–H and O–H groups in total. The predicted octanol–water partition coefficient (Wildman–Crippen LogP) is 0.185. The van der Waals surface area contributed by atoms with Gasteiger partial charge in [-0.15, -0.1) is 5.10 Å². The van der Waals surface area contributed by atoms with Crippen LogP contribution < -0.4 is 21.7 Å². The van der Waals surface area contributed by atoms with Crippen molar-refractivity contribution in [1.82, 2.24) is 14.8 Å². The van der Waals surface area contributed by atoms with Gasteiger partial charge in [-0.1, -0.05) is 35.3 Å². The van der Waals surface area contributed by atoms with Gasteiger partial charge in [0, 0.05) is 10.7 Å². The van der Waals surface area contributed by atoms with E-state index in [1.54, 1.807) is 4.68 Å². The third-order valence-corrected chi connectivity index (χ3v) is 3.64. The monoisotopic (exact) mass is 318 g/mol. The van der Waals surface area contributed by atoms with Crippen molar-refractivity contribution in [2.45, 2.75) is 0 Å². The molecule has 9 heteroatoms. The summed E-state index contributed by atoms with van der Waals surface area (Å²) < 4.78 is 15.5. The molecule has 6 radical (unpaired) electrons. The van der Waals surface area contributed by atoms with Crippen molar-refractivity contribution >= 4 is 63.2 Å². The Kier molecular flexibility index (Phi) is 4.17. The first-order valence-corrected chi connectivity index (χ1v) is 6.92. The Balaban J connectivity index is 1.97. The first-order chi connectivity index (χ1) is 11.0. The van der Waals surface area contributed by atoms with E-state index in [0.717, 1.165) is 5.69 Å². The number of halogens is 2. The Morgan fingerprint density at radius 2 is 1.74 bits per heavy atom. The molecule has 0 atom stereocenters. The smallest absolute Gasteiger partial charge is 0.246 e. The minimum atomic E-state index is -0.839. The lowest BCUT2D eigenvalue weighted by Crippen LogP contribution is -2.34. The number of hydrogen-bond acceptors (Lipinski definition) is 3. The summed E-state index contributed by atoms with van der Waals surface area (Å²) in [6.07, 6.45) is 1.50. The van der Waals surface area contributed by atoms with Crippen molar-refractivity contribution in [3.05, 3.63) is 47.5 Å². The molecule has 0 amide bonds. The first-order valence-electron chi connectivity index (χ1n) is 6.54. The molecular weight excluding hydrogens is 311 g/mol. The topological polar surface area (TPSA) is 42.7 Å². The standard InChI is InChI=1S/C14H7B3ClFN4/c15-8-11(18)9(16)13(10(17)12(8)19)21-14-20-6-23(22-14)7-4-2-1-3-5-7/h1-6H,(H,21,22). The Labute approximate surface area is 141 Å². The van der Waals surface area contributed by atoms with Gasteiger partial charge in [0.2, 0.25) is 5.95 Å². The van der Waals surface area contributed by atoms with E-state index in [0.29, 0.717) is 0 Å². The van der Waals surface area contributed by atoms with Crippen LogP contribution in [0.25, 0.3) is 5.69 Å². The van der Waals surface area contributed by atoms with Gasteiger partial charge in [-0.2, -0.15) is 4.98 Å². The Hall–Kier alpha value is -2.21. The number of nitrogens with zero attached hydrogens (tertiary/aromatic N) is 3. The molecule has 3 rings (SSSR count). The van der Waals surface area contributed by atoms with Gasteiger partial charge in [0.1, 0.15) is 35.7 Å². The average Bonchev–Trinajstić information content (AvgIpc) is 3.05. The summed E-state index contributed by atoms with van der Waals surface area (Å²) in [7, 11) is 17.0. The van der Waals surface area contributed by atoms with Crippen LogP contribution in [0.1, 0.15) is 0 Å². The van der Waals surface area contributed by atoms with E-state index in [1.807, 2.05) is 30.3 Å². The maximum Gasteiger partial charge on any atom is 0.246 e. The van der Waals surface area contributed by atoms with Crippen LogP contribution in [0.3, 0.4) is 0 Å². The Morgan fingerprint density at radius 3 is 2.43 bits per heavy atom. The fraction of sp³-hybridized carbons (Fsp3) is 0. The van der Waals surface area contributed by atoms with Crippen LogP contribution in [0.2, 0.25) is 5.02 Å². The van der Waals surface area contributed by atoms with E-state index >= 15 is 0 Å². The molecule has 0 bridgehead atoms. The van der Waals surface area contributed by atoms with Gasteiger partial charge in [-0.05, 0) is 23.1 Å². The first kappa shape index (κ1) is 15.7. The van der Waals surface area contributed by atoms with Crippen molar-refractivity contribution in [3.63, 3.8) is 0 Å². The zero-order valence-corrected chi connectivity index (χ0v) is 12.5. The molecule has 4 nitrogen and oxygen atoms in total. The maximum atomic E-state index is 13.9. The van der Waals surface area contributed by atoms with Crippen LogP contribution in [0.4, 0.5) is 16.0 Å². The summed E-state index contributed by atoms with van der Waals surface area (Å²) in [5.41, 5.74) is 0.373. The Bertz CT molecular complexity index is 841. The minimum absolute atomic E-state index is 0.0270. The molecule has 0 aliphatic rings. The number of para-hydroxylation sites is 1. The molecule has 23 heavy (non-hydrogen) atoms. The Morgan fingerprint density at radius 1 is 1.04 bits per heavy atom. The lowest BCUT2D eigenvalue weighted by molar-refractivity contribution is 0.645. The molecule has 0 saturated heterocycles. The summed E-state index contributed by atoms with van der Waals surface area (Å²) in [4.78, 5) is 4.08. The molecule has 106 valence electrons. The van der Waals surface area contributed by atoms with Gasteiger partial charge in [0.25, 0.3) is 0 Å². The molecule has 0 saturated carbocycles. The molecule has 1 heterocycles. The predicted molar refractivity (Wildman–Crippen MR) is 92.2 cm³/mol. The molecule has 0 unspecified atom stereocenters. The third-order valence-electron chi connectivity index (χ3n) is 3.23. The lowest BCUT2D eigenvalue weighted by Gasteiger charge is -2.16. The zero-order valence-electron chi connectivity index (χ0n) is 11.8. The van der Waals surface area contributed by atoms with Crippen LogP contribution in [0, 0.1) is 5.82 Å². The van der Waals surface area contributed by atoms with Crippen molar-refractivity contribution < 1.29 is 4.39 Å². The highest BCUT2D eigenvalue weighted by Crippen LogP contribution is 2.14. The largest absolute Gasteiger partial charge is 0.324 e. The summed E-state index contributed by atoms with van der Waals surface area (Å²) in [5.74, 6) is -0.651. The van der Waals surface area contributed by atoms with Crippen LogP contribution >= 0.6 is 11.6 Å². The highest BCUT2D eigenvalue weighted by atomic mass is 35.5. The summed E-state index contributed by atoms with van der Waals surface area (Å²) in [6.45, 7) is 0. The van der Waals surface area contributed by atoms with Gasteiger partial charge in [0.05, 0.1) is 5.69 Å². The second-order valence-electron chi connectivity index (χ2n) is 4.72. The third kappa shape index (κ3) is 2.86. The van der Waals surface area contributed by atoms with E-state index in [2.05, 4.69) is 15.4 Å². The average molecular weight is 318 g/mol.